The molecule has 2 fully saturated rings. The van der Waals surface area contributed by atoms with Gasteiger partial charge in [-0.05, 0) is 37.3 Å². The van der Waals surface area contributed by atoms with Crippen LogP contribution in [0.5, 0.6) is 0 Å². The fraction of sp³-hybridized carbons (Fsp3) is 0.500. The van der Waals surface area contributed by atoms with E-state index < -0.39 is 0 Å². The lowest BCUT2D eigenvalue weighted by atomic mass is 9.78. The van der Waals surface area contributed by atoms with Crippen LogP contribution in [0.15, 0.2) is 30.6 Å². The highest BCUT2D eigenvalue weighted by molar-refractivity contribution is 5.42. The van der Waals surface area contributed by atoms with E-state index in [0.717, 1.165) is 31.0 Å². The summed E-state index contributed by atoms with van der Waals surface area (Å²) in [4.78, 5) is 16.0. The number of pyridine rings is 1. The maximum absolute atomic E-state index is 5.96. The maximum Gasteiger partial charge on any atom is 0.134 e. The van der Waals surface area contributed by atoms with Gasteiger partial charge in [0, 0.05) is 55.6 Å². The summed E-state index contributed by atoms with van der Waals surface area (Å²) in [6.07, 6.45) is 8.25. The summed E-state index contributed by atoms with van der Waals surface area (Å²) in [7, 11) is 2.09. The van der Waals surface area contributed by atoms with Crippen molar-refractivity contribution in [3.05, 3.63) is 47.7 Å². The topological polar surface area (TPSA) is 67.9 Å². The quantitative estimate of drug-likeness (QED) is 0.919. The second kappa shape index (κ2) is 5.89. The Bertz CT molecular complexity index is 677. The molecule has 2 aliphatic rings. The predicted molar refractivity (Wildman–Crippen MR) is 90.3 cm³/mol. The molecule has 2 aromatic heterocycles. The smallest absolute Gasteiger partial charge is 0.134 e. The summed E-state index contributed by atoms with van der Waals surface area (Å²) in [5, 5.41) is 0. The highest BCUT2D eigenvalue weighted by atomic mass is 15.2. The molecule has 5 nitrogen and oxygen atoms in total. The van der Waals surface area contributed by atoms with Crippen molar-refractivity contribution in [3.63, 3.8) is 0 Å². The van der Waals surface area contributed by atoms with Gasteiger partial charge in [-0.1, -0.05) is 6.07 Å². The Kier molecular flexibility index (Phi) is 3.73. The third kappa shape index (κ3) is 3.20. The van der Waals surface area contributed by atoms with Crippen molar-refractivity contribution in [2.75, 3.05) is 11.9 Å². The van der Waals surface area contributed by atoms with Crippen LogP contribution < -0.4 is 10.6 Å². The third-order valence-corrected chi connectivity index (χ3v) is 4.82. The molecule has 0 saturated heterocycles. The molecule has 0 radical (unpaired) electrons. The summed E-state index contributed by atoms with van der Waals surface area (Å²) in [5.74, 6) is 3.11. The van der Waals surface area contributed by atoms with Gasteiger partial charge in [-0.25, -0.2) is 9.97 Å². The number of hydrogen-bond donors (Lipinski definition) is 1. The van der Waals surface area contributed by atoms with Gasteiger partial charge in [0.25, 0.3) is 0 Å². The summed E-state index contributed by atoms with van der Waals surface area (Å²) < 4.78 is 0. The van der Waals surface area contributed by atoms with Crippen LogP contribution in [0.1, 0.15) is 54.6 Å². The van der Waals surface area contributed by atoms with Crippen molar-refractivity contribution in [1.82, 2.24) is 15.0 Å². The molecular weight excluding hydrogens is 286 g/mol. The first-order valence-corrected chi connectivity index (χ1v) is 8.43. The van der Waals surface area contributed by atoms with E-state index in [-0.39, 0.29) is 0 Å². The molecule has 2 aliphatic carbocycles. The van der Waals surface area contributed by atoms with Crippen molar-refractivity contribution < 1.29 is 0 Å². The summed E-state index contributed by atoms with van der Waals surface area (Å²) >= 11 is 0. The minimum Gasteiger partial charge on any atom is -0.355 e. The van der Waals surface area contributed by atoms with E-state index in [1.165, 1.54) is 24.1 Å². The van der Waals surface area contributed by atoms with Gasteiger partial charge in [0.1, 0.15) is 11.6 Å². The van der Waals surface area contributed by atoms with Gasteiger partial charge < -0.3 is 10.6 Å². The summed E-state index contributed by atoms with van der Waals surface area (Å²) in [5.41, 5.74) is 8.32. The largest absolute Gasteiger partial charge is 0.355 e. The molecular formula is C18H23N5. The zero-order valence-electron chi connectivity index (χ0n) is 13.5. The number of rotatable bonds is 5. The summed E-state index contributed by atoms with van der Waals surface area (Å²) in [6.45, 7) is 0.804. The zero-order valence-corrected chi connectivity index (χ0v) is 13.5. The van der Waals surface area contributed by atoms with Crippen molar-refractivity contribution in [1.29, 1.82) is 0 Å². The van der Waals surface area contributed by atoms with E-state index in [0.29, 0.717) is 17.9 Å². The molecule has 0 aromatic carbocycles. The molecule has 0 unspecified atom stereocenters. The summed E-state index contributed by atoms with van der Waals surface area (Å²) in [6, 6.07) is 6.56. The molecule has 2 aromatic rings. The molecule has 2 heterocycles. The number of aromatic nitrogens is 3. The normalized spacial score (nSPS) is 23.4. The lowest BCUT2D eigenvalue weighted by Gasteiger charge is -2.32. The van der Waals surface area contributed by atoms with Crippen molar-refractivity contribution in [2.45, 2.75) is 50.1 Å². The van der Waals surface area contributed by atoms with E-state index >= 15 is 0 Å². The van der Waals surface area contributed by atoms with Crippen LogP contribution in [0.4, 0.5) is 5.82 Å². The van der Waals surface area contributed by atoms with Gasteiger partial charge in [-0.3, -0.25) is 4.98 Å². The van der Waals surface area contributed by atoms with Crippen LogP contribution >= 0.6 is 0 Å². The van der Waals surface area contributed by atoms with Crippen LogP contribution in [-0.4, -0.2) is 28.0 Å². The number of nitrogens with zero attached hydrogens (tertiary/aromatic N) is 4. The Balaban J connectivity index is 1.58. The Morgan fingerprint density at radius 2 is 2.04 bits per heavy atom. The molecule has 5 heteroatoms. The average molecular weight is 309 g/mol. The van der Waals surface area contributed by atoms with Crippen molar-refractivity contribution in [2.24, 2.45) is 5.73 Å². The highest BCUT2D eigenvalue weighted by Crippen LogP contribution is 2.41. The van der Waals surface area contributed by atoms with E-state index in [1.54, 1.807) is 6.20 Å². The zero-order chi connectivity index (χ0) is 15.8. The van der Waals surface area contributed by atoms with Crippen LogP contribution in [-0.2, 0) is 6.54 Å². The molecule has 120 valence electrons. The van der Waals surface area contributed by atoms with Crippen LogP contribution in [0.25, 0.3) is 0 Å². The second-order valence-electron chi connectivity index (χ2n) is 6.93. The van der Waals surface area contributed by atoms with Crippen LogP contribution in [0.2, 0.25) is 0 Å². The molecule has 2 saturated carbocycles. The lowest BCUT2D eigenvalue weighted by molar-refractivity contribution is 0.344. The molecule has 4 rings (SSSR count). The number of nitrogens with two attached hydrogens (primary N) is 1. The fourth-order valence-electron chi connectivity index (χ4n) is 3.15. The minimum atomic E-state index is 0.343. The Hall–Kier alpha value is -2.01. The van der Waals surface area contributed by atoms with Gasteiger partial charge in [-0.2, -0.15) is 0 Å². The number of hydrogen-bond acceptors (Lipinski definition) is 5. The minimum absolute atomic E-state index is 0.343. The first-order valence-electron chi connectivity index (χ1n) is 8.43. The first-order chi connectivity index (χ1) is 11.2. The van der Waals surface area contributed by atoms with Crippen molar-refractivity contribution >= 4 is 5.82 Å². The molecule has 2 N–H and O–H groups in total. The van der Waals surface area contributed by atoms with Gasteiger partial charge in [0.2, 0.25) is 0 Å². The van der Waals surface area contributed by atoms with Gasteiger partial charge >= 0.3 is 0 Å². The standard InChI is InChI=1S/C18H23N5/c1-23(11-12-3-2-6-20-10-12)17-9-16(14-7-15(19)8-14)21-18(22-17)13-4-5-13/h2-3,6,9-10,13-15H,4-5,7-8,11,19H2,1H3. The third-order valence-electron chi connectivity index (χ3n) is 4.82. The molecule has 0 amide bonds. The van der Waals surface area contributed by atoms with E-state index in [9.17, 15) is 0 Å². The maximum atomic E-state index is 5.96. The second-order valence-corrected chi connectivity index (χ2v) is 6.93. The van der Waals surface area contributed by atoms with Gasteiger partial charge in [0.05, 0.1) is 0 Å². The molecule has 0 bridgehead atoms. The molecule has 0 spiro atoms. The SMILES string of the molecule is CN(Cc1cccnc1)c1cc(C2CC(N)C2)nc(C2CC2)n1. The van der Waals surface area contributed by atoms with E-state index in [2.05, 4.69) is 29.1 Å². The van der Waals surface area contributed by atoms with Crippen molar-refractivity contribution in [3.8, 4) is 0 Å². The molecule has 0 atom stereocenters. The molecule has 0 aliphatic heterocycles. The monoisotopic (exact) mass is 309 g/mol. The highest BCUT2D eigenvalue weighted by Gasteiger charge is 2.32. The number of anilines is 1. The average Bonchev–Trinajstić information content (AvgIpc) is 3.37. The Morgan fingerprint density at radius 1 is 1.22 bits per heavy atom. The predicted octanol–water partition coefficient (Wildman–Crippen LogP) is 2.59. The van der Waals surface area contributed by atoms with E-state index in [1.807, 2.05) is 12.3 Å². The first kappa shape index (κ1) is 14.6. The Morgan fingerprint density at radius 3 is 2.70 bits per heavy atom. The van der Waals surface area contributed by atoms with Crippen LogP contribution in [0, 0.1) is 0 Å². The molecule has 23 heavy (non-hydrogen) atoms. The van der Waals surface area contributed by atoms with Crippen LogP contribution in [0.3, 0.4) is 0 Å². The fourth-order valence-corrected chi connectivity index (χ4v) is 3.15. The van der Waals surface area contributed by atoms with Gasteiger partial charge in [0.15, 0.2) is 0 Å². The lowest BCUT2D eigenvalue weighted by Crippen LogP contribution is -2.35. The van der Waals surface area contributed by atoms with Gasteiger partial charge in [-0.15, -0.1) is 0 Å². The Labute approximate surface area is 137 Å². The van der Waals surface area contributed by atoms with E-state index in [4.69, 9.17) is 15.7 Å².